The van der Waals surface area contributed by atoms with Crippen molar-refractivity contribution in [3.8, 4) is 0 Å². The second-order valence-corrected chi connectivity index (χ2v) is 4.83. The van der Waals surface area contributed by atoms with Gasteiger partial charge in [-0.1, -0.05) is 6.07 Å². The van der Waals surface area contributed by atoms with Crippen LogP contribution in [0.4, 0.5) is 0 Å². The first-order valence-electron chi connectivity index (χ1n) is 6.35. The minimum atomic E-state index is -0.384. The van der Waals surface area contributed by atoms with Gasteiger partial charge in [0.2, 0.25) is 0 Å². The van der Waals surface area contributed by atoms with E-state index in [2.05, 4.69) is 20.8 Å². The van der Waals surface area contributed by atoms with Crippen molar-refractivity contribution in [2.24, 2.45) is 5.92 Å². The van der Waals surface area contributed by atoms with E-state index >= 15 is 0 Å². The highest BCUT2D eigenvalue weighted by Crippen LogP contribution is 2.16. The van der Waals surface area contributed by atoms with Crippen LogP contribution < -0.4 is 10.6 Å². The fraction of sp³-hybridized carbons (Fsp3) is 0.385. The zero-order valence-corrected chi connectivity index (χ0v) is 10.4. The average molecular weight is 260 g/mol. The fourth-order valence-corrected chi connectivity index (χ4v) is 2.41. The Hall–Kier alpha value is -1.92. The van der Waals surface area contributed by atoms with Crippen molar-refractivity contribution in [1.82, 2.24) is 20.8 Å². The number of benzene rings is 1. The van der Waals surface area contributed by atoms with Gasteiger partial charge in [-0.3, -0.25) is 9.89 Å². The number of hydrogen-bond acceptors (Lipinski definition) is 4. The molecule has 0 saturated carbocycles. The standard InChI is InChI=1S/C13H16N4O2/c18-12-7-14-4-8(12)5-15-13(19)9-2-1-3-11-10(9)6-16-17-11/h1-3,6,8,12,14,18H,4-5,7H2,(H,15,19)(H,16,17). The zero-order chi connectivity index (χ0) is 13.2. The van der Waals surface area contributed by atoms with Crippen LogP contribution >= 0.6 is 0 Å². The summed E-state index contributed by atoms with van der Waals surface area (Å²) in [6.07, 6.45) is 1.26. The number of nitrogens with one attached hydrogen (secondary N) is 3. The number of rotatable bonds is 3. The van der Waals surface area contributed by atoms with Gasteiger partial charge in [0.15, 0.2) is 0 Å². The van der Waals surface area contributed by atoms with Crippen molar-refractivity contribution in [3.05, 3.63) is 30.0 Å². The van der Waals surface area contributed by atoms with E-state index in [0.717, 1.165) is 17.4 Å². The van der Waals surface area contributed by atoms with E-state index in [1.54, 1.807) is 12.3 Å². The molecule has 0 spiro atoms. The number of aliphatic hydroxyl groups excluding tert-OH is 1. The van der Waals surface area contributed by atoms with Crippen LogP contribution in [-0.2, 0) is 0 Å². The lowest BCUT2D eigenvalue weighted by molar-refractivity contribution is 0.0928. The Labute approximate surface area is 110 Å². The van der Waals surface area contributed by atoms with E-state index in [0.29, 0.717) is 18.7 Å². The summed E-state index contributed by atoms with van der Waals surface area (Å²) in [5.74, 6) is -0.0568. The highest BCUT2D eigenvalue weighted by molar-refractivity contribution is 6.06. The zero-order valence-electron chi connectivity index (χ0n) is 10.4. The third kappa shape index (κ3) is 2.32. The lowest BCUT2D eigenvalue weighted by Crippen LogP contribution is -2.34. The number of aromatic nitrogens is 2. The molecule has 1 aliphatic rings. The number of β-amino-alcohol motifs (C(OH)–C–C–N with tert-alkyl or cyclic N) is 1. The molecule has 0 aliphatic carbocycles. The second kappa shape index (κ2) is 4.99. The Kier molecular flexibility index (Phi) is 3.18. The average Bonchev–Trinajstić information content (AvgIpc) is 3.04. The van der Waals surface area contributed by atoms with Gasteiger partial charge < -0.3 is 15.7 Å². The number of nitrogens with zero attached hydrogens (tertiary/aromatic N) is 1. The summed E-state index contributed by atoms with van der Waals surface area (Å²) in [6.45, 7) is 1.80. The summed E-state index contributed by atoms with van der Waals surface area (Å²) in [5.41, 5.74) is 1.45. The third-order valence-corrected chi connectivity index (χ3v) is 3.56. The molecule has 0 bridgehead atoms. The summed E-state index contributed by atoms with van der Waals surface area (Å²) in [5, 5.41) is 23.2. The lowest BCUT2D eigenvalue weighted by Gasteiger charge is -2.14. The SMILES string of the molecule is O=C(NCC1CNCC1O)c1cccc2[nH]ncc12. The van der Waals surface area contributed by atoms with E-state index in [4.69, 9.17) is 0 Å². The van der Waals surface area contributed by atoms with Gasteiger partial charge in [0.1, 0.15) is 0 Å². The number of aromatic amines is 1. The smallest absolute Gasteiger partial charge is 0.252 e. The number of carbonyl (C=O) groups excluding carboxylic acids is 1. The van der Waals surface area contributed by atoms with E-state index in [1.807, 2.05) is 12.1 Å². The summed E-state index contributed by atoms with van der Waals surface area (Å²) in [4.78, 5) is 12.2. The van der Waals surface area contributed by atoms with Crippen LogP contribution in [0.15, 0.2) is 24.4 Å². The molecule has 6 nitrogen and oxygen atoms in total. The van der Waals surface area contributed by atoms with Crippen LogP contribution in [0.3, 0.4) is 0 Å². The highest BCUT2D eigenvalue weighted by atomic mass is 16.3. The van der Waals surface area contributed by atoms with Crippen LogP contribution in [0.5, 0.6) is 0 Å². The molecule has 1 amide bonds. The third-order valence-electron chi connectivity index (χ3n) is 3.56. The van der Waals surface area contributed by atoms with Crippen molar-refractivity contribution >= 4 is 16.8 Å². The van der Waals surface area contributed by atoms with Gasteiger partial charge in [-0.15, -0.1) is 0 Å². The van der Waals surface area contributed by atoms with Crippen molar-refractivity contribution in [3.63, 3.8) is 0 Å². The first-order valence-corrected chi connectivity index (χ1v) is 6.35. The van der Waals surface area contributed by atoms with E-state index in [9.17, 15) is 9.90 Å². The maximum absolute atomic E-state index is 12.2. The molecule has 0 radical (unpaired) electrons. The normalized spacial score (nSPS) is 22.8. The summed E-state index contributed by atoms with van der Waals surface area (Å²) < 4.78 is 0. The molecular weight excluding hydrogens is 244 g/mol. The van der Waals surface area contributed by atoms with Gasteiger partial charge in [-0.05, 0) is 12.1 Å². The number of hydrogen-bond donors (Lipinski definition) is 4. The van der Waals surface area contributed by atoms with Crippen molar-refractivity contribution in [2.75, 3.05) is 19.6 Å². The molecule has 2 atom stereocenters. The number of carbonyl (C=O) groups is 1. The van der Waals surface area contributed by atoms with Gasteiger partial charge in [0, 0.05) is 30.9 Å². The molecule has 19 heavy (non-hydrogen) atoms. The fourth-order valence-electron chi connectivity index (χ4n) is 2.41. The Morgan fingerprint density at radius 3 is 3.16 bits per heavy atom. The van der Waals surface area contributed by atoms with E-state index < -0.39 is 0 Å². The summed E-state index contributed by atoms with van der Waals surface area (Å²) in [7, 11) is 0. The Balaban J connectivity index is 1.71. The molecule has 2 heterocycles. The van der Waals surface area contributed by atoms with Crippen LogP contribution in [-0.4, -0.2) is 46.9 Å². The number of amides is 1. The minimum absolute atomic E-state index is 0.0764. The largest absolute Gasteiger partial charge is 0.391 e. The number of aliphatic hydroxyl groups is 1. The Bertz CT molecular complexity index is 595. The first kappa shape index (κ1) is 12.1. The molecule has 1 fully saturated rings. The van der Waals surface area contributed by atoms with Gasteiger partial charge in [-0.2, -0.15) is 5.10 Å². The van der Waals surface area contributed by atoms with Gasteiger partial charge in [0.05, 0.1) is 23.4 Å². The molecule has 4 N–H and O–H groups in total. The molecule has 6 heteroatoms. The molecule has 1 aliphatic heterocycles. The number of fused-ring (bicyclic) bond motifs is 1. The van der Waals surface area contributed by atoms with Crippen molar-refractivity contribution < 1.29 is 9.90 Å². The molecule has 2 unspecified atom stereocenters. The van der Waals surface area contributed by atoms with Crippen LogP contribution in [0, 0.1) is 5.92 Å². The highest BCUT2D eigenvalue weighted by Gasteiger charge is 2.25. The molecule has 3 rings (SSSR count). The monoisotopic (exact) mass is 260 g/mol. The first-order chi connectivity index (χ1) is 9.25. The van der Waals surface area contributed by atoms with Crippen molar-refractivity contribution in [1.29, 1.82) is 0 Å². The predicted octanol–water partition coefficient (Wildman–Crippen LogP) is -0.127. The Morgan fingerprint density at radius 2 is 2.37 bits per heavy atom. The molecule has 2 aromatic rings. The van der Waals surface area contributed by atoms with Gasteiger partial charge in [0.25, 0.3) is 5.91 Å². The molecule has 1 aromatic heterocycles. The molecular formula is C13H16N4O2. The van der Waals surface area contributed by atoms with E-state index in [-0.39, 0.29) is 17.9 Å². The lowest BCUT2D eigenvalue weighted by atomic mass is 10.1. The maximum Gasteiger partial charge on any atom is 0.252 e. The van der Waals surface area contributed by atoms with Crippen LogP contribution in [0.1, 0.15) is 10.4 Å². The van der Waals surface area contributed by atoms with Crippen LogP contribution in [0.2, 0.25) is 0 Å². The minimum Gasteiger partial charge on any atom is -0.391 e. The van der Waals surface area contributed by atoms with Gasteiger partial charge >= 0.3 is 0 Å². The number of H-pyrrole nitrogens is 1. The van der Waals surface area contributed by atoms with E-state index in [1.165, 1.54) is 0 Å². The molecule has 100 valence electrons. The molecule has 1 aromatic carbocycles. The summed E-state index contributed by atoms with van der Waals surface area (Å²) in [6, 6.07) is 5.47. The van der Waals surface area contributed by atoms with Crippen molar-refractivity contribution in [2.45, 2.75) is 6.10 Å². The van der Waals surface area contributed by atoms with Gasteiger partial charge in [-0.25, -0.2) is 0 Å². The second-order valence-electron chi connectivity index (χ2n) is 4.83. The predicted molar refractivity (Wildman–Crippen MR) is 70.8 cm³/mol. The molecule has 1 saturated heterocycles. The topological polar surface area (TPSA) is 90.0 Å². The quantitative estimate of drug-likeness (QED) is 0.619. The van der Waals surface area contributed by atoms with Crippen LogP contribution in [0.25, 0.3) is 10.9 Å². The Morgan fingerprint density at radius 1 is 1.47 bits per heavy atom. The maximum atomic E-state index is 12.2. The summed E-state index contributed by atoms with van der Waals surface area (Å²) >= 11 is 0.